The van der Waals surface area contributed by atoms with E-state index >= 15 is 0 Å². The molecule has 10 heteroatoms. The normalized spacial score (nSPS) is 33.3. The molecule has 3 heterocycles. The number of halogens is 1. The van der Waals surface area contributed by atoms with Crippen LogP contribution in [0.25, 0.3) is 0 Å². The molecule has 6 rings (SSSR count). The molecule has 300 valence electrons. The number of anilines is 1. The first-order valence-corrected chi connectivity index (χ1v) is 21.9. The quantitative estimate of drug-likeness (QED) is 0.173. The van der Waals surface area contributed by atoms with Crippen LogP contribution in [0.5, 0.6) is 0 Å². The smallest absolute Gasteiger partial charge is 0.233 e. The first kappa shape index (κ1) is 41.5. The third kappa shape index (κ3) is 8.45. The molecule has 0 bridgehead atoms. The van der Waals surface area contributed by atoms with Crippen molar-refractivity contribution in [3.8, 4) is 0 Å². The molecule has 3 fully saturated rings. The molecule has 3 saturated heterocycles. The van der Waals surface area contributed by atoms with Crippen LogP contribution in [0.3, 0.4) is 0 Å². The number of carbonyl (C=O) groups excluding carboxylic acids is 1. The molecule has 13 atom stereocenters. The third-order valence-corrected chi connectivity index (χ3v) is 15.0. The topological polar surface area (TPSA) is 102 Å². The van der Waals surface area contributed by atoms with Gasteiger partial charge in [-0.05, 0) is 109 Å². The number of aryl methyl sites for hydroxylation is 1. The molecule has 8 nitrogen and oxygen atoms in total. The van der Waals surface area contributed by atoms with Gasteiger partial charge in [-0.1, -0.05) is 84.9 Å². The second-order valence-electron chi connectivity index (χ2n) is 16.5. The fraction of sp³-hybridized carbons (Fsp3) is 0.578. The largest absolute Gasteiger partial charge is 0.388 e. The minimum atomic E-state index is -3.76. The first-order chi connectivity index (χ1) is 26.2. The molecule has 3 aromatic carbocycles. The number of aliphatic hydroxyl groups excluding tert-OH is 1. The molecular formula is C45H60FNO7S. The Morgan fingerprint density at radius 2 is 1.47 bits per heavy atom. The lowest BCUT2D eigenvalue weighted by Gasteiger charge is -2.49. The van der Waals surface area contributed by atoms with E-state index in [1.54, 1.807) is 29.2 Å². The van der Waals surface area contributed by atoms with Gasteiger partial charge in [0.05, 0.1) is 53.1 Å². The van der Waals surface area contributed by atoms with E-state index in [2.05, 4.69) is 48.5 Å². The second kappa shape index (κ2) is 17.1. The van der Waals surface area contributed by atoms with Gasteiger partial charge in [-0.3, -0.25) is 4.79 Å². The highest BCUT2D eigenvalue weighted by molar-refractivity contribution is 7.91. The van der Waals surface area contributed by atoms with E-state index < -0.39 is 28.0 Å². The molecule has 3 aliphatic rings. The van der Waals surface area contributed by atoms with Crippen molar-refractivity contribution < 1.29 is 36.9 Å². The number of sulfone groups is 1. The zero-order valence-corrected chi connectivity index (χ0v) is 34.4. The van der Waals surface area contributed by atoms with Gasteiger partial charge < -0.3 is 24.2 Å². The van der Waals surface area contributed by atoms with E-state index in [1.165, 1.54) is 12.1 Å². The highest BCUT2D eigenvalue weighted by Gasteiger charge is 2.50. The van der Waals surface area contributed by atoms with Gasteiger partial charge in [-0.25, -0.2) is 12.8 Å². The summed E-state index contributed by atoms with van der Waals surface area (Å²) in [5.74, 6) is 0.0958. The molecule has 3 aromatic rings. The van der Waals surface area contributed by atoms with E-state index in [0.717, 1.165) is 23.2 Å². The maximum Gasteiger partial charge on any atom is 0.233 e. The predicted molar refractivity (Wildman–Crippen MR) is 213 cm³/mol. The van der Waals surface area contributed by atoms with Crippen LogP contribution in [0.15, 0.2) is 77.7 Å². The van der Waals surface area contributed by atoms with Crippen LogP contribution in [0.2, 0.25) is 0 Å². The lowest BCUT2D eigenvalue weighted by atomic mass is 9.77. The van der Waals surface area contributed by atoms with Crippen LogP contribution in [-0.2, 0) is 28.8 Å². The Kier molecular flexibility index (Phi) is 12.9. The Labute approximate surface area is 327 Å². The van der Waals surface area contributed by atoms with Crippen molar-refractivity contribution in [3.63, 3.8) is 0 Å². The number of aliphatic hydroxyl groups is 1. The number of amides is 1. The number of hydrogen-bond donors (Lipinski definition) is 1. The first-order valence-electron chi connectivity index (χ1n) is 20.3. The van der Waals surface area contributed by atoms with E-state index in [1.807, 2.05) is 43.3 Å². The van der Waals surface area contributed by atoms with Gasteiger partial charge in [-0.2, -0.15) is 0 Å². The Balaban J connectivity index is 1.18. The summed E-state index contributed by atoms with van der Waals surface area (Å²) < 4.78 is 61.6. The lowest BCUT2D eigenvalue weighted by Crippen LogP contribution is -2.55. The van der Waals surface area contributed by atoms with Gasteiger partial charge in [0.2, 0.25) is 5.91 Å². The van der Waals surface area contributed by atoms with Crippen LogP contribution in [-0.4, -0.2) is 55.9 Å². The van der Waals surface area contributed by atoms with Crippen molar-refractivity contribution in [1.82, 2.24) is 0 Å². The molecule has 1 amide bonds. The Bertz CT molecular complexity index is 1870. The van der Waals surface area contributed by atoms with E-state index in [-0.39, 0.29) is 70.8 Å². The van der Waals surface area contributed by atoms with Gasteiger partial charge in [0.25, 0.3) is 0 Å². The monoisotopic (exact) mass is 777 g/mol. The molecule has 0 aromatic heterocycles. The van der Waals surface area contributed by atoms with Crippen LogP contribution in [0.4, 0.5) is 10.1 Å². The van der Waals surface area contributed by atoms with Crippen LogP contribution in [0.1, 0.15) is 103 Å². The minimum Gasteiger partial charge on any atom is -0.388 e. The number of carbonyl (C=O) groups is 1. The summed E-state index contributed by atoms with van der Waals surface area (Å²) in [5, 5.41) is 10.9. The highest BCUT2D eigenvalue weighted by Crippen LogP contribution is 2.48. The molecular weight excluding hydrogens is 718 g/mol. The summed E-state index contributed by atoms with van der Waals surface area (Å²) in [6.07, 6.45) is 0.316. The fourth-order valence-corrected chi connectivity index (χ4v) is 10.8. The molecule has 0 aliphatic carbocycles. The van der Waals surface area contributed by atoms with Crippen molar-refractivity contribution in [3.05, 3.63) is 95.3 Å². The van der Waals surface area contributed by atoms with Gasteiger partial charge >= 0.3 is 0 Å². The number of nitrogens with zero attached hydrogens (tertiary/aromatic N) is 1. The number of ether oxygens (including phenoxy) is 3. The van der Waals surface area contributed by atoms with Gasteiger partial charge in [0, 0.05) is 11.6 Å². The number of β-lactam (4-membered cyclic amide) rings is 1. The Hall–Kier alpha value is -3.15. The Morgan fingerprint density at radius 3 is 2.11 bits per heavy atom. The number of rotatable bonds is 13. The molecule has 4 unspecified atom stereocenters. The summed E-state index contributed by atoms with van der Waals surface area (Å²) in [4.78, 5) is 15.7. The third-order valence-electron chi connectivity index (χ3n) is 13.3. The van der Waals surface area contributed by atoms with Crippen molar-refractivity contribution >= 4 is 21.4 Å². The van der Waals surface area contributed by atoms with E-state index in [4.69, 9.17) is 14.2 Å². The standard InChI is InChI=1S/C45H60FNO7S/c1-9-39-28(5)27(4)31(8)45(53-39)54-43-30(7)29(6)41(52-40(43)10-2)25-55(50,51)35-20-21-36(26(3)24-35)42-37(44(49)47(42)34-14-12-11-13-15-34)22-23-38(48)32-16-18-33(46)19-17-32/h11-21,24,27-31,37-43,45,48H,9-10,22-23,25H2,1-8H3/t27-,28+,29?,30+,31?,37+,38-,39?,40?,41-,42+,43+,45-/m0/s1. The second-order valence-corrected chi connectivity index (χ2v) is 18.5. The van der Waals surface area contributed by atoms with Crippen molar-refractivity contribution in [2.75, 3.05) is 10.7 Å². The number of para-hydroxylation sites is 1. The van der Waals surface area contributed by atoms with Crippen LogP contribution < -0.4 is 4.90 Å². The minimum absolute atomic E-state index is 0.0483. The van der Waals surface area contributed by atoms with Crippen molar-refractivity contribution in [2.45, 2.75) is 129 Å². The molecule has 0 spiro atoms. The maximum absolute atomic E-state index is 14.1. The zero-order chi connectivity index (χ0) is 39.8. The molecule has 3 aliphatic heterocycles. The molecule has 0 saturated carbocycles. The van der Waals surface area contributed by atoms with E-state index in [9.17, 15) is 22.7 Å². The summed E-state index contributed by atoms with van der Waals surface area (Å²) in [7, 11) is -3.76. The average molecular weight is 778 g/mol. The number of benzene rings is 3. The van der Waals surface area contributed by atoms with E-state index in [0.29, 0.717) is 36.7 Å². The van der Waals surface area contributed by atoms with Gasteiger partial charge in [0.1, 0.15) is 5.82 Å². The summed E-state index contributed by atoms with van der Waals surface area (Å²) in [5.41, 5.74) is 2.98. The zero-order valence-electron chi connectivity index (χ0n) is 33.6. The summed E-state index contributed by atoms with van der Waals surface area (Å²) in [6, 6.07) is 20.1. The van der Waals surface area contributed by atoms with Crippen molar-refractivity contribution in [1.29, 1.82) is 0 Å². The summed E-state index contributed by atoms with van der Waals surface area (Å²) in [6.45, 7) is 17.0. The molecule has 55 heavy (non-hydrogen) atoms. The SMILES string of the molecule is CCC1O[C@@H](O[C@H]2C(CC)O[C@@H](CS(=O)(=O)c3ccc([C@@H]4[C@@H](CC[C@H](O)c5ccc(F)cc5)C(=O)N4c4ccccc4)c(C)c3)C(C)[C@H]2C)C(C)[C@@H](C)[C@H]1C. The average Bonchev–Trinajstić information content (AvgIpc) is 3.17. The fourth-order valence-electron chi connectivity index (χ4n) is 9.13. The lowest BCUT2D eigenvalue weighted by molar-refractivity contribution is -0.299. The Morgan fingerprint density at radius 1 is 0.818 bits per heavy atom. The van der Waals surface area contributed by atoms with Crippen LogP contribution in [0, 0.1) is 48.2 Å². The van der Waals surface area contributed by atoms with Gasteiger partial charge in [0.15, 0.2) is 16.1 Å². The van der Waals surface area contributed by atoms with Crippen molar-refractivity contribution in [2.24, 2.45) is 35.5 Å². The van der Waals surface area contributed by atoms with Crippen LogP contribution >= 0.6 is 0 Å². The maximum atomic E-state index is 14.1. The predicted octanol–water partition coefficient (Wildman–Crippen LogP) is 9.00. The number of hydrogen-bond acceptors (Lipinski definition) is 7. The van der Waals surface area contributed by atoms with Gasteiger partial charge in [-0.15, -0.1) is 0 Å². The molecule has 1 N–H and O–H groups in total. The molecule has 0 radical (unpaired) electrons. The summed E-state index contributed by atoms with van der Waals surface area (Å²) >= 11 is 0. The highest BCUT2D eigenvalue weighted by atomic mass is 32.2.